The van der Waals surface area contributed by atoms with Gasteiger partial charge < -0.3 is 30.1 Å². The molecule has 5 atom stereocenters. The average molecular weight is 808 g/mol. The highest BCUT2D eigenvalue weighted by Gasteiger charge is 2.62. The van der Waals surface area contributed by atoms with Crippen molar-refractivity contribution in [2.45, 2.75) is 121 Å². The monoisotopic (exact) mass is 807 g/mol. The highest BCUT2D eigenvalue weighted by Crippen LogP contribution is 2.46. The zero-order valence-corrected chi connectivity index (χ0v) is 33.6. The molecule has 300 valence electrons. The number of allylic oxidation sites excluding steroid dienone is 1. The third-order valence-corrected chi connectivity index (χ3v) is 13.7. The van der Waals surface area contributed by atoms with E-state index in [-0.39, 0.29) is 43.0 Å². The highest BCUT2D eigenvalue weighted by atomic mass is 32.2. The lowest BCUT2D eigenvalue weighted by molar-refractivity contribution is -0.141. The van der Waals surface area contributed by atoms with Crippen LogP contribution in [0.15, 0.2) is 42.5 Å². The zero-order valence-electron chi connectivity index (χ0n) is 32.0. The lowest BCUT2D eigenvalue weighted by Crippen LogP contribution is -2.58. The van der Waals surface area contributed by atoms with Crippen LogP contribution in [0.3, 0.4) is 0 Å². The Morgan fingerprint density at radius 3 is 2.59 bits per heavy atom. The Morgan fingerprint density at radius 2 is 1.88 bits per heavy atom. The van der Waals surface area contributed by atoms with Crippen LogP contribution in [-0.2, 0) is 24.4 Å². The molecule has 16 heteroatoms. The number of amides is 4. The Bertz CT molecular complexity index is 2180. The van der Waals surface area contributed by atoms with E-state index in [1.54, 1.807) is 31.2 Å². The van der Waals surface area contributed by atoms with Gasteiger partial charge >= 0.3 is 0 Å². The zero-order chi connectivity index (χ0) is 39.9. The summed E-state index contributed by atoms with van der Waals surface area (Å²) in [6, 6.07) is 6.35. The van der Waals surface area contributed by atoms with Gasteiger partial charge in [-0.25, -0.2) is 13.4 Å². The number of fused-ring (bicyclic) bond motifs is 3. The van der Waals surface area contributed by atoms with Crippen LogP contribution in [0.1, 0.15) is 91.7 Å². The summed E-state index contributed by atoms with van der Waals surface area (Å²) in [5.74, 6) is -2.01. The van der Waals surface area contributed by atoms with Gasteiger partial charge in [-0.1, -0.05) is 25.0 Å². The molecule has 4 amide bonds. The van der Waals surface area contributed by atoms with Gasteiger partial charge in [0.1, 0.15) is 35.2 Å². The number of pyridine rings is 1. The fourth-order valence-electron chi connectivity index (χ4n) is 7.58. The molecule has 4 heterocycles. The number of nitrogens with one attached hydrogen (secondary N) is 3. The van der Waals surface area contributed by atoms with Crippen LogP contribution in [0.2, 0.25) is 0 Å². The minimum absolute atomic E-state index is 0.0265. The molecule has 56 heavy (non-hydrogen) atoms. The van der Waals surface area contributed by atoms with Crippen LogP contribution < -0.4 is 24.8 Å². The molecular formula is C40H49N5O9S2. The fourth-order valence-corrected chi connectivity index (χ4v) is 9.71. The molecule has 14 nitrogen and oxygen atoms in total. The minimum Gasteiger partial charge on any atom is -0.508 e. The Kier molecular flexibility index (Phi) is 11.1. The van der Waals surface area contributed by atoms with E-state index in [9.17, 15) is 32.7 Å². The molecule has 2 aromatic heterocycles. The molecule has 1 aromatic carbocycles. The first-order valence-corrected chi connectivity index (χ1v) is 21.7. The first-order chi connectivity index (χ1) is 26.6. The molecular weight excluding hydrogens is 759 g/mol. The van der Waals surface area contributed by atoms with Crippen molar-refractivity contribution in [1.82, 2.24) is 25.2 Å². The number of phenolic OH excluding ortho intramolecular Hbond substituents is 1. The Labute approximate surface area is 330 Å². The van der Waals surface area contributed by atoms with E-state index < -0.39 is 62.6 Å². The van der Waals surface area contributed by atoms with Crippen LogP contribution in [0.25, 0.3) is 10.9 Å². The van der Waals surface area contributed by atoms with Crippen molar-refractivity contribution in [2.75, 3.05) is 6.54 Å². The number of aryl methyl sites for hydroxylation is 2. The second kappa shape index (κ2) is 15.7. The second-order valence-corrected chi connectivity index (χ2v) is 18.9. The molecule has 0 unspecified atom stereocenters. The number of hydrogen-bond donors (Lipinski definition) is 4. The molecule has 3 aromatic rings. The van der Waals surface area contributed by atoms with Crippen LogP contribution in [0, 0.1) is 19.8 Å². The molecule has 7 rings (SSSR count). The number of sulfonamides is 1. The van der Waals surface area contributed by atoms with Gasteiger partial charge in [-0.2, -0.15) is 0 Å². The van der Waals surface area contributed by atoms with E-state index in [0.29, 0.717) is 59.2 Å². The molecule has 3 fully saturated rings. The van der Waals surface area contributed by atoms with Crippen molar-refractivity contribution >= 4 is 55.9 Å². The molecule has 4 N–H and O–H groups in total. The van der Waals surface area contributed by atoms with Gasteiger partial charge in [0.05, 0.1) is 28.3 Å². The van der Waals surface area contributed by atoms with Crippen molar-refractivity contribution < 1.29 is 42.2 Å². The maximum Gasteiger partial charge on any atom is 0.262 e. The smallest absolute Gasteiger partial charge is 0.262 e. The van der Waals surface area contributed by atoms with Crippen molar-refractivity contribution in [3.05, 3.63) is 57.8 Å². The summed E-state index contributed by atoms with van der Waals surface area (Å²) in [7, 11) is -3.91. The standard InChI is InChI=1S/C40H49N5O9S2/c1-22(2)53-34-19-32(28-15-16-31(46)24(4)35(28)42-34)54-26-18-30-36(47)43-40(39(50)44-56(51,52)27-13-14-27)20-25(40)10-8-6-5-7-9-11-29(38(49)45(30)21-26)41-37(48)33-17-12-23(3)55-33/h8,10,12,15-17,19,22,25-27,29-30,46H,5-7,9,11,13-14,18,20-21H2,1-4H3,(H,41,48)(H,43,47)(H,44,50)/t25-,26-,29+,30+,40-/m1/s1. The van der Waals surface area contributed by atoms with Crippen LogP contribution >= 0.6 is 11.3 Å². The number of thiophene rings is 1. The SMILES string of the molecule is Cc1ccc(C(=O)N[C@H]2CCCCCC=C[C@@H]3C[C@@]3(C(=O)NS(=O)(=O)C3CC3)NC(=O)[C@@H]3C[C@@H](Oc4cc(OC(C)C)nc5c(C)c(O)ccc45)CN3C2=O)s1. The molecule has 4 aliphatic rings. The summed E-state index contributed by atoms with van der Waals surface area (Å²) in [4.78, 5) is 63.9. The quantitative estimate of drug-likeness (QED) is 0.223. The van der Waals surface area contributed by atoms with E-state index in [4.69, 9.17) is 9.47 Å². The number of benzene rings is 1. The number of ether oxygens (including phenoxy) is 2. The molecule has 1 saturated heterocycles. The summed E-state index contributed by atoms with van der Waals surface area (Å²) < 4.78 is 40.5. The fraction of sp³-hybridized carbons (Fsp3) is 0.525. The van der Waals surface area contributed by atoms with E-state index in [1.165, 1.54) is 16.2 Å². The number of rotatable bonds is 9. The van der Waals surface area contributed by atoms with E-state index in [2.05, 4.69) is 20.3 Å². The number of phenols is 1. The third-order valence-electron chi connectivity index (χ3n) is 10.9. The van der Waals surface area contributed by atoms with Crippen LogP contribution in [0.4, 0.5) is 0 Å². The van der Waals surface area contributed by atoms with E-state index in [0.717, 1.165) is 17.7 Å². The number of aromatic hydroxyl groups is 1. The lowest BCUT2D eigenvalue weighted by atomic mass is 10.0. The van der Waals surface area contributed by atoms with E-state index >= 15 is 0 Å². The summed E-state index contributed by atoms with van der Waals surface area (Å²) >= 11 is 1.32. The molecule has 2 aliphatic heterocycles. The van der Waals surface area contributed by atoms with Gasteiger partial charge in [0.25, 0.3) is 11.8 Å². The molecule has 2 saturated carbocycles. The van der Waals surface area contributed by atoms with Crippen molar-refractivity contribution in [3.8, 4) is 17.4 Å². The van der Waals surface area contributed by atoms with Crippen LogP contribution in [0.5, 0.6) is 17.4 Å². The lowest BCUT2D eigenvalue weighted by Gasteiger charge is -2.29. The van der Waals surface area contributed by atoms with Gasteiger partial charge in [0.2, 0.25) is 27.7 Å². The molecule has 0 bridgehead atoms. The summed E-state index contributed by atoms with van der Waals surface area (Å²) in [6.07, 6.45) is 7.29. The maximum absolute atomic E-state index is 14.7. The first kappa shape index (κ1) is 39.5. The Balaban J connectivity index is 1.23. The molecule has 0 radical (unpaired) electrons. The third kappa shape index (κ3) is 8.36. The van der Waals surface area contributed by atoms with Crippen LogP contribution in [-0.4, -0.2) is 88.7 Å². The second-order valence-electron chi connectivity index (χ2n) is 15.7. The maximum atomic E-state index is 14.7. The van der Waals surface area contributed by atoms with Gasteiger partial charge in [0.15, 0.2) is 0 Å². The molecule has 2 aliphatic carbocycles. The topological polar surface area (TPSA) is 193 Å². The van der Waals surface area contributed by atoms with E-state index in [1.807, 2.05) is 39.0 Å². The van der Waals surface area contributed by atoms with Gasteiger partial charge in [-0.15, -0.1) is 11.3 Å². The van der Waals surface area contributed by atoms with Gasteiger partial charge in [0, 0.05) is 34.2 Å². The molecule has 0 spiro atoms. The van der Waals surface area contributed by atoms with Gasteiger partial charge in [-0.3, -0.25) is 23.9 Å². The largest absolute Gasteiger partial charge is 0.508 e. The summed E-state index contributed by atoms with van der Waals surface area (Å²) in [6.45, 7) is 7.32. The number of hydrogen-bond acceptors (Lipinski definition) is 11. The predicted octanol–water partition coefficient (Wildman–Crippen LogP) is 4.56. The van der Waals surface area contributed by atoms with Crippen molar-refractivity contribution in [1.29, 1.82) is 0 Å². The Morgan fingerprint density at radius 1 is 1.09 bits per heavy atom. The number of aromatic nitrogens is 1. The summed E-state index contributed by atoms with van der Waals surface area (Å²) in [5.41, 5.74) is -0.527. The minimum atomic E-state index is -3.91. The Hall–Kier alpha value is -4.70. The normalized spacial score (nSPS) is 25.8. The van der Waals surface area contributed by atoms with Gasteiger partial charge in [-0.05, 0) is 90.5 Å². The average Bonchev–Trinajstić information content (AvgIpc) is 4.03. The first-order valence-electron chi connectivity index (χ1n) is 19.3. The highest BCUT2D eigenvalue weighted by molar-refractivity contribution is 7.91. The number of nitrogens with zero attached hydrogens (tertiary/aromatic N) is 2. The van der Waals surface area contributed by atoms with Crippen molar-refractivity contribution in [3.63, 3.8) is 0 Å². The number of carbonyl (C=O) groups excluding carboxylic acids is 4. The van der Waals surface area contributed by atoms with Crippen molar-refractivity contribution in [2.24, 2.45) is 5.92 Å². The number of carbonyl (C=O) groups is 4. The predicted molar refractivity (Wildman–Crippen MR) is 210 cm³/mol. The summed E-state index contributed by atoms with van der Waals surface area (Å²) in [5, 5.41) is 16.3.